The number of hydrogen-bond acceptors (Lipinski definition) is 3. The first-order valence-electron chi connectivity index (χ1n) is 5.85. The van der Waals surface area contributed by atoms with Gasteiger partial charge in [0.05, 0.1) is 12.7 Å². The molecule has 1 aliphatic rings. The topological polar surface area (TPSA) is 38.7 Å². The van der Waals surface area contributed by atoms with Crippen LogP contribution in [0.1, 0.15) is 31.4 Å². The Labute approximate surface area is 106 Å². The van der Waals surface area contributed by atoms with Crippen LogP contribution in [0.5, 0.6) is 5.75 Å². The molecule has 1 atom stereocenters. The Morgan fingerprint density at radius 2 is 2.24 bits per heavy atom. The van der Waals surface area contributed by atoms with Crippen molar-refractivity contribution >= 4 is 11.6 Å². The van der Waals surface area contributed by atoms with Crippen LogP contribution in [0.3, 0.4) is 0 Å². The highest BCUT2D eigenvalue weighted by Gasteiger charge is 2.21. The highest BCUT2D eigenvalue weighted by molar-refractivity contribution is 6.30. The number of hydrogen-bond donors (Lipinski definition) is 1. The van der Waals surface area contributed by atoms with Crippen molar-refractivity contribution in [1.82, 2.24) is 0 Å². The summed E-state index contributed by atoms with van der Waals surface area (Å²) in [4.78, 5) is 0. The number of benzene rings is 1. The molecule has 0 unspecified atom stereocenters. The maximum atomic E-state index is 9.60. The van der Waals surface area contributed by atoms with E-state index < -0.39 is 6.10 Å². The molecule has 0 aromatic heterocycles. The molecule has 1 aromatic carbocycles. The average Bonchev–Trinajstić information content (AvgIpc) is 3.09. The summed E-state index contributed by atoms with van der Waals surface area (Å²) < 4.78 is 10.9. The Kier molecular flexibility index (Phi) is 4.26. The zero-order valence-corrected chi connectivity index (χ0v) is 10.6. The van der Waals surface area contributed by atoms with Gasteiger partial charge >= 0.3 is 0 Å². The molecule has 1 N–H and O–H groups in total. The lowest BCUT2D eigenvalue weighted by Crippen LogP contribution is -2.07. The lowest BCUT2D eigenvalue weighted by molar-refractivity contribution is 0.00831. The largest absolute Gasteiger partial charge is 0.467 e. The van der Waals surface area contributed by atoms with Crippen molar-refractivity contribution in [3.05, 3.63) is 28.8 Å². The van der Waals surface area contributed by atoms with E-state index in [1.807, 2.05) is 0 Å². The summed E-state index contributed by atoms with van der Waals surface area (Å²) >= 11 is 5.87. The predicted molar refractivity (Wildman–Crippen MR) is 66.3 cm³/mol. The highest BCUT2D eigenvalue weighted by atomic mass is 35.5. The Hall–Kier alpha value is -0.770. The van der Waals surface area contributed by atoms with E-state index in [1.54, 1.807) is 25.1 Å². The summed E-state index contributed by atoms with van der Waals surface area (Å²) in [6.07, 6.45) is 1.92. The van der Waals surface area contributed by atoms with E-state index in [1.165, 1.54) is 12.8 Å². The van der Waals surface area contributed by atoms with Crippen LogP contribution in [0, 0.1) is 5.92 Å². The minimum atomic E-state index is -0.605. The second kappa shape index (κ2) is 5.71. The normalized spacial score (nSPS) is 16.9. The molecule has 3 nitrogen and oxygen atoms in total. The second-order valence-corrected chi connectivity index (χ2v) is 4.87. The zero-order chi connectivity index (χ0) is 12.3. The molecular formula is C13H17ClO3. The maximum Gasteiger partial charge on any atom is 0.189 e. The Morgan fingerprint density at radius 3 is 2.88 bits per heavy atom. The van der Waals surface area contributed by atoms with Gasteiger partial charge < -0.3 is 14.6 Å². The second-order valence-electron chi connectivity index (χ2n) is 4.43. The van der Waals surface area contributed by atoms with Crippen LogP contribution in [0.25, 0.3) is 0 Å². The molecule has 1 aromatic rings. The first-order chi connectivity index (χ1) is 8.16. The van der Waals surface area contributed by atoms with E-state index in [2.05, 4.69) is 0 Å². The monoisotopic (exact) mass is 256 g/mol. The average molecular weight is 257 g/mol. The fourth-order valence-electron chi connectivity index (χ4n) is 1.58. The Morgan fingerprint density at radius 1 is 1.47 bits per heavy atom. The Balaban J connectivity index is 1.89. The van der Waals surface area contributed by atoms with E-state index in [-0.39, 0.29) is 6.79 Å². The molecule has 2 rings (SSSR count). The smallest absolute Gasteiger partial charge is 0.189 e. The SMILES string of the molecule is C[C@H](O)c1cc(Cl)ccc1OCOCC1CC1. The molecule has 0 spiro atoms. The summed E-state index contributed by atoms with van der Waals surface area (Å²) in [5.74, 6) is 1.35. The lowest BCUT2D eigenvalue weighted by atomic mass is 10.1. The van der Waals surface area contributed by atoms with Crippen molar-refractivity contribution in [3.63, 3.8) is 0 Å². The Bertz CT molecular complexity index is 375. The van der Waals surface area contributed by atoms with Gasteiger partial charge in [0.1, 0.15) is 5.75 Å². The van der Waals surface area contributed by atoms with Gasteiger partial charge in [0, 0.05) is 10.6 Å². The molecule has 0 radical (unpaired) electrons. The van der Waals surface area contributed by atoms with E-state index in [0.717, 1.165) is 12.5 Å². The van der Waals surface area contributed by atoms with Crippen LogP contribution >= 0.6 is 11.6 Å². The summed E-state index contributed by atoms with van der Waals surface area (Å²) in [6, 6.07) is 5.21. The molecular weight excluding hydrogens is 240 g/mol. The molecule has 1 saturated carbocycles. The van der Waals surface area contributed by atoms with Crippen LogP contribution in [-0.2, 0) is 4.74 Å². The summed E-state index contributed by atoms with van der Waals surface area (Å²) in [6.45, 7) is 2.67. The van der Waals surface area contributed by atoms with Gasteiger partial charge in [-0.2, -0.15) is 0 Å². The van der Waals surface area contributed by atoms with Crippen molar-refractivity contribution in [2.45, 2.75) is 25.9 Å². The minimum absolute atomic E-state index is 0.220. The highest BCUT2D eigenvalue weighted by Crippen LogP contribution is 2.30. The molecule has 1 fully saturated rings. The molecule has 17 heavy (non-hydrogen) atoms. The number of halogens is 1. The molecule has 1 aliphatic carbocycles. The van der Waals surface area contributed by atoms with Gasteiger partial charge in [-0.25, -0.2) is 0 Å². The molecule has 0 bridgehead atoms. The van der Waals surface area contributed by atoms with Crippen molar-refractivity contribution in [2.75, 3.05) is 13.4 Å². The van der Waals surface area contributed by atoms with Crippen molar-refractivity contribution < 1.29 is 14.6 Å². The third-order valence-corrected chi connectivity index (χ3v) is 3.01. The number of aliphatic hydroxyl groups excluding tert-OH is 1. The van der Waals surface area contributed by atoms with Gasteiger partial charge in [-0.3, -0.25) is 0 Å². The van der Waals surface area contributed by atoms with Crippen LogP contribution in [0.2, 0.25) is 5.02 Å². The van der Waals surface area contributed by atoms with Gasteiger partial charge in [-0.1, -0.05) is 11.6 Å². The molecule has 0 saturated heterocycles. The minimum Gasteiger partial charge on any atom is -0.467 e. The van der Waals surface area contributed by atoms with Gasteiger partial charge in [0.2, 0.25) is 0 Å². The predicted octanol–water partition coefficient (Wildman–Crippen LogP) is 3.16. The van der Waals surface area contributed by atoms with Crippen LogP contribution in [0.4, 0.5) is 0 Å². The fourth-order valence-corrected chi connectivity index (χ4v) is 1.76. The number of aliphatic hydroxyl groups is 1. The van der Waals surface area contributed by atoms with E-state index in [0.29, 0.717) is 16.3 Å². The summed E-state index contributed by atoms with van der Waals surface area (Å²) in [7, 11) is 0. The third kappa shape index (κ3) is 3.87. The third-order valence-electron chi connectivity index (χ3n) is 2.77. The van der Waals surface area contributed by atoms with Gasteiger partial charge in [0.25, 0.3) is 0 Å². The maximum absolute atomic E-state index is 9.60. The van der Waals surface area contributed by atoms with E-state index >= 15 is 0 Å². The number of rotatable bonds is 6. The molecule has 94 valence electrons. The summed E-state index contributed by atoms with van der Waals surface area (Å²) in [5, 5.41) is 10.2. The van der Waals surface area contributed by atoms with E-state index in [4.69, 9.17) is 21.1 Å². The quantitative estimate of drug-likeness (QED) is 0.628. The van der Waals surface area contributed by atoms with Gasteiger partial charge in [-0.05, 0) is 43.9 Å². The standard InChI is InChI=1S/C13H17ClO3/c1-9(15)12-6-11(14)4-5-13(12)17-8-16-7-10-2-3-10/h4-6,9-10,15H,2-3,7-8H2,1H3/t9-/m0/s1. The van der Waals surface area contributed by atoms with Gasteiger partial charge in [-0.15, -0.1) is 0 Å². The van der Waals surface area contributed by atoms with Crippen LogP contribution < -0.4 is 4.74 Å². The molecule has 0 amide bonds. The lowest BCUT2D eigenvalue weighted by Gasteiger charge is -2.13. The molecule has 0 aliphatic heterocycles. The van der Waals surface area contributed by atoms with Crippen molar-refractivity contribution in [1.29, 1.82) is 0 Å². The first kappa shape index (κ1) is 12.7. The molecule has 4 heteroatoms. The van der Waals surface area contributed by atoms with Gasteiger partial charge in [0.15, 0.2) is 6.79 Å². The first-order valence-corrected chi connectivity index (χ1v) is 6.22. The summed E-state index contributed by atoms with van der Waals surface area (Å²) in [5.41, 5.74) is 0.688. The fraction of sp³-hybridized carbons (Fsp3) is 0.538. The van der Waals surface area contributed by atoms with Crippen LogP contribution in [-0.4, -0.2) is 18.5 Å². The van der Waals surface area contributed by atoms with E-state index in [9.17, 15) is 5.11 Å². The van der Waals surface area contributed by atoms with Crippen LogP contribution in [0.15, 0.2) is 18.2 Å². The number of ether oxygens (including phenoxy) is 2. The van der Waals surface area contributed by atoms with Crippen molar-refractivity contribution in [2.24, 2.45) is 5.92 Å². The molecule has 0 heterocycles. The van der Waals surface area contributed by atoms with Crippen molar-refractivity contribution in [3.8, 4) is 5.75 Å². The zero-order valence-electron chi connectivity index (χ0n) is 9.86.